The highest BCUT2D eigenvalue weighted by molar-refractivity contribution is 9.10. The number of rotatable bonds is 5. The smallest absolute Gasteiger partial charge is 0.260 e. The van der Waals surface area contributed by atoms with E-state index in [2.05, 4.69) is 15.9 Å². The lowest BCUT2D eigenvalue weighted by Crippen LogP contribution is -2.36. The number of benzene rings is 1. The second kappa shape index (κ2) is 5.74. The molecule has 0 N–H and O–H groups in total. The number of carbonyl (C=O) groups excluding carboxylic acids is 1. The molecule has 1 aromatic carbocycles. The van der Waals surface area contributed by atoms with Crippen LogP contribution in [0.5, 0.6) is 5.75 Å². The van der Waals surface area contributed by atoms with Gasteiger partial charge in [-0.15, -0.1) is 0 Å². The van der Waals surface area contributed by atoms with E-state index < -0.39 is 0 Å². The Labute approximate surface area is 116 Å². The highest BCUT2D eigenvalue weighted by atomic mass is 79.9. The molecule has 1 amide bonds. The summed E-state index contributed by atoms with van der Waals surface area (Å²) in [6, 6.07) is 6.25. The third-order valence-electron chi connectivity index (χ3n) is 3.14. The number of halogens is 1. The number of carbonyl (C=O) groups is 1. The molecule has 1 aliphatic carbocycles. The number of amides is 1. The Balaban J connectivity index is 1.92. The number of aryl methyl sites for hydroxylation is 1. The van der Waals surface area contributed by atoms with Gasteiger partial charge in [-0.3, -0.25) is 4.79 Å². The van der Waals surface area contributed by atoms with E-state index in [1.165, 1.54) is 0 Å². The Morgan fingerprint density at radius 1 is 1.50 bits per heavy atom. The molecule has 0 aliphatic heterocycles. The Morgan fingerprint density at radius 2 is 2.22 bits per heavy atom. The van der Waals surface area contributed by atoms with Gasteiger partial charge in [-0.05, 0) is 50.5 Å². The fraction of sp³-hybridized carbons (Fsp3) is 0.500. The molecule has 0 unspecified atom stereocenters. The maximum Gasteiger partial charge on any atom is 0.260 e. The van der Waals surface area contributed by atoms with Crippen LogP contribution in [0, 0.1) is 6.92 Å². The number of hydrogen-bond donors (Lipinski definition) is 0. The van der Waals surface area contributed by atoms with E-state index in [1.54, 1.807) is 0 Å². The van der Waals surface area contributed by atoms with Crippen molar-refractivity contribution >= 4 is 21.8 Å². The topological polar surface area (TPSA) is 29.5 Å². The van der Waals surface area contributed by atoms with E-state index in [0.29, 0.717) is 6.04 Å². The van der Waals surface area contributed by atoms with E-state index in [4.69, 9.17) is 4.74 Å². The van der Waals surface area contributed by atoms with E-state index in [9.17, 15) is 4.79 Å². The van der Waals surface area contributed by atoms with Crippen LogP contribution in [0.15, 0.2) is 22.7 Å². The first-order chi connectivity index (χ1) is 8.61. The normalized spacial score (nSPS) is 14.4. The summed E-state index contributed by atoms with van der Waals surface area (Å²) < 4.78 is 6.62. The first-order valence-electron chi connectivity index (χ1n) is 6.30. The van der Waals surface area contributed by atoms with Crippen LogP contribution < -0.4 is 4.74 Å². The van der Waals surface area contributed by atoms with Gasteiger partial charge in [0.2, 0.25) is 0 Å². The Morgan fingerprint density at radius 3 is 2.78 bits per heavy atom. The first-order valence-corrected chi connectivity index (χ1v) is 7.09. The van der Waals surface area contributed by atoms with Gasteiger partial charge in [-0.1, -0.05) is 15.9 Å². The minimum Gasteiger partial charge on any atom is -0.483 e. The zero-order valence-electron chi connectivity index (χ0n) is 10.8. The number of ether oxygens (including phenoxy) is 1. The molecule has 0 spiro atoms. The lowest BCUT2D eigenvalue weighted by molar-refractivity contribution is -0.133. The minimum absolute atomic E-state index is 0.0855. The van der Waals surface area contributed by atoms with Gasteiger partial charge in [-0.2, -0.15) is 0 Å². The molecule has 0 atom stereocenters. The summed E-state index contributed by atoms with van der Waals surface area (Å²) in [5.41, 5.74) is 1.03. The molecule has 0 aromatic heterocycles. The molecule has 0 saturated heterocycles. The van der Waals surface area contributed by atoms with Gasteiger partial charge in [0.1, 0.15) is 5.75 Å². The van der Waals surface area contributed by atoms with Crippen LogP contribution in [0.25, 0.3) is 0 Å². The van der Waals surface area contributed by atoms with Crippen molar-refractivity contribution < 1.29 is 9.53 Å². The van der Waals surface area contributed by atoms with Crippen molar-refractivity contribution in [1.82, 2.24) is 4.90 Å². The van der Waals surface area contributed by atoms with Gasteiger partial charge in [0.25, 0.3) is 5.91 Å². The Hall–Kier alpha value is -1.03. The Bertz CT molecular complexity index is 443. The molecule has 3 nitrogen and oxygen atoms in total. The zero-order chi connectivity index (χ0) is 13.1. The van der Waals surface area contributed by atoms with Gasteiger partial charge >= 0.3 is 0 Å². The average Bonchev–Trinajstić information content (AvgIpc) is 3.13. The van der Waals surface area contributed by atoms with Crippen LogP contribution in [0.4, 0.5) is 0 Å². The van der Waals surface area contributed by atoms with E-state index in [0.717, 1.165) is 35.2 Å². The molecule has 0 heterocycles. The van der Waals surface area contributed by atoms with Crippen LogP contribution >= 0.6 is 15.9 Å². The van der Waals surface area contributed by atoms with E-state index in [1.807, 2.05) is 36.9 Å². The van der Waals surface area contributed by atoms with Crippen molar-refractivity contribution in [2.45, 2.75) is 32.7 Å². The summed E-state index contributed by atoms with van der Waals surface area (Å²) in [6.07, 6.45) is 2.27. The number of likely N-dealkylation sites (N-methyl/N-ethyl adjacent to an activating group) is 1. The standard InChI is InChI=1S/C14H18BrNO2/c1-3-16(12-5-6-12)14(17)9-18-13-7-4-11(15)8-10(13)2/h4,7-8,12H,3,5-6,9H2,1-2H3. The quantitative estimate of drug-likeness (QED) is 0.836. The molecular weight excluding hydrogens is 294 g/mol. The van der Waals surface area contributed by atoms with Gasteiger partial charge in [0, 0.05) is 17.1 Å². The summed E-state index contributed by atoms with van der Waals surface area (Å²) in [6.45, 7) is 4.89. The maximum absolute atomic E-state index is 12.0. The lowest BCUT2D eigenvalue weighted by atomic mass is 10.2. The molecule has 98 valence electrons. The zero-order valence-corrected chi connectivity index (χ0v) is 12.4. The largest absolute Gasteiger partial charge is 0.483 e. The Kier molecular flexibility index (Phi) is 4.27. The van der Waals surface area contributed by atoms with E-state index in [-0.39, 0.29) is 12.5 Å². The van der Waals surface area contributed by atoms with E-state index >= 15 is 0 Å². The van der Waals surface area contributed by atoms with Crippen LogP contribution in [0.3, 0.4) is 0 Å². The fourth-order valence-corrected chi connectivity index (χ4v) is 2.50. The third-order valence-corrected chi connectivity index (χ3v) is 3.63. The molecule has 4 heteroatoms. The van der Waals surface area contributed by atoms with Gasteiger partial charge < -0.3 is 9.64 Å². The number of hydrogen-bond acceptors (Lipinski definition) is 2. The van der Waals surface area contributed by atoms with Gasteiger partial charge in [0.05, 0.1) is 0 Å². The lowest BCUT2D eigenvalue weighted by Gasteiger charge is -2.20. The molecule has 0 radical (unpaired) electrons. The predicted octanol–water partition coefficient (Wildman–Crippen LogP) is 3.15. The first kappa shape index (κ1) is 13.4. The van der Waals surface area contributed by atoms with Crippen LogP contribution in [-0.2, 0) is 4.79 Å². The van der Waals surface area contributed by atoms with Gasteiger partial charge in [-0.25, -0.2) is 0 Å². The molecular formula is C14H18BrNO2. The number of nitrogens with zero attached hydrogens (tertiary/aromatic N) is 1. The fourth-order valence-electron chi connectivity index (χ4n) is 2.02. The van der Waals surface area contributed by atoms with Crippen LogP contribution in [0.2, 0.25) is 0 Å². The summed E-state index contributed by atoms with van der Waals surface area (Å²) >= 11 is 3.41. The second-order valence-corrected chi connectivity index (χ2v) is 5.53. The summed E-state index contributed by atoms with van der Waals surface area (Å²) in [4.78, 5) is 13.9. The van der Waals surface area contributed by atoms with Crippen LogP contribution in [0.1, 0.15) is 25.3 Å². The van der Waals surface area contributed by atoms with Crippen molar-refractivity contribution in [2.75, 3.05) is 13.2 Å². The summed E-state index contributed by atoms with van der Waals surface area (Å²) in [7, 11) is 0. The summed E-state index contributed by atoms with van der Waals surface area (Å²) in [5.74, 6) is 0.862. The molecule has 0 bridgehead atoms. The highest BCUT2D eigenvalue weighted by Crippen LogP contribution is 2.27. The maximum atomic E-state index is 12.0. The molecule has 1 aliphatic rings. The van der Waals surface area contributed by atoms with Crippen molar-refractivity contribution in [1.29, 1.82) is 0 Å². The average molecular weight is 312 g/mol. The minimum atomic E-state index is 0.0855. The molecule has 1 saturated carbocycles. The monoisotopic (exact) mass is 311 g/mol. The van der Waals surface area contributed by atoms with Crippen molar-refractivity contribution in [3.05, 3.63) is 28.2 Å². The predicted molar refractivity (Wildman–Crippen MR) is 74.8 cm³/mol. The molecule has 1 aromatic rings. The summed E-state index contributed by atoms with van der Waals surface area (Å²) in [5, 5.41) is 0. The highest BCUT2D eigenvalue weighted by Gasteiger charge is 2.31. The van der Waals surface area contributed by atoms with Crippen molar-refractivity contribution in [3.63, 3.8) is 0 Å². The van der Waals surface area contributed by atoms with Gasteiger partial charge in [0.15, 0.2) is 6.61 Å². The SMILES string of the molecule is CCN(C(=O)COc1ccc(Br)cc1C)C1CC1. The third kappa shape index (κ3) is 3.25. The van der Waals surface area contributed by atoms with Crippen molar-refractivity contribution in [2.24, 2.45) is 0 Å². The molecule has 1 fully saturated rings. The van der Waals surface area contributed by atoms with Crippen LogP contribution in [-0.4, -0.2) is 30.0 Å². The van der Waals surface area contributed by atoms with Crippen molar-refractivity contribution in [3.8, 4) is 5.75 Å². The molecule has 2 rings (SSSR count). The second-order valence-electron chi connectivity index (χ2n) is 4.61. The molecule has 18 heavy (non-hydrogen) atoms.